The van der Waals surface area contributed by atoms with Gasteiger partial charge in [-0.1, -0.05) is 30.3 Å². The Labute approximate surface area is 140 Å². The molecule has 0 spiro atoms. The third kappa shape index (κ3) is 3.30. The van der Waals surface area contributed by atoms with Gasteiger partial charge in [-0.3, -0.25) is 5.10 Å². The zero-order valence-corrected chi connectivity index (χ0v) is 14.3. The third-order valence-corrected chi connectivity index (χ3v) is 5.00. The second-order valence-corrected chi connectivity index (χ2v) is 7.72. The number of aryl methyl sites for hydroxylation is 1. The number of benzene rings is 2. The quantitative estimate of drug-likeness (QED) is 0.709. The molecule has 0 unspecified atom stereocenters. The van der Waals surface area contributed by atoms with E-state index in [-0.39, 0.29) is 0 Å². The van der Waals surface area contributed by atoms with Crippen LogP contribution in [0.15, 0.2) is 47.4 Å². The molecule has 1 aromatic heterocycles. The molecule has 3 N–H and O–H groups in total. The third-order valence-electron chi connectivity index (χ3n) is 3.80. The zero-order valence-electron chi connectivity index (χ0n) is 13.4. The smallest absolute Gasteiger partial charge is 0.181 e. The first kappa shape index (κ1) is 16.2. The number of rotatable bonds is 4. The lowest BCUT2D eigenvalue weighted by atomic mass is 10.1. The number of hydrogen-bond donors (Lipinski definition) is 2. The van der Waals surface area contributed by atoms with E-state index in [4.69, 9.17) is 5.73 Å². The van der Waals surface area contributed by atoms with Crippen molar-refractivity contribution in [3.63, 3.8) is 0 Å². The van der Waals surface area contributed by atoms with Crippen LogP contribution in [0.5, 0.6) is 0 Å². The summed E-state index contributed by atoms with van der Waals surface area (Å²) in [4.78, 5) is 4.76. The summed E-state index contributed by atoms with van der Waals surface area (Å²) in [6, 6.07) is 12.5. The molecular formula is C17H18N4O2S. The molecule has 0 bridgehead atoms. The van der Waals surface area contributed by atoms with Crippen molar-refractivity contribution in [1.82, 2.24) is 15.2 Å². The lowest BCUT2D eigenvalue weighted by molar-refractivity contribution is 0.601. The highest BCUT2D eigenvalue weighted by Crippen LogP contribution is 2.22. The fraction of sp³-hybridized carbons (Fsp3) is 0.176. The molecule has 0 saturated carbocycles. The average molecular weight is 342 g/mol. The van der Waals surface area contributed by atoms with Crippen LogP contribution in [0.2, 0.25) is 0 Å². The van der Waals surface area contributed by atoms with Gasteiger partial charge in [-0.15, -0.1) is 0 Å². The minimum Gasteiger partial charge on any atom is -0.398 e. The summed E-state index contributed by atoms with van der Waals surface area (Å²) in [6.07, 6.45) is 1.56. The van der Waals surface area contributed by atoms with Crippen LogP contribution >= 0.6 is 0 Å². The van der Waals surface area contributed by atoms with Crippen molar-refractivity contribution in [3.05, 3.63) is 59.4 Å². The Morgan fingerprint density at radius 1 is 1.17 bits per heavy atom. The Morgan fingerprint density at radius 3 is 2.62 bits per heavy atom. The van der Waals surface area contributed by atoms with Crippen LogP contribution in [0, 0.1) is 6.92 Å². The second kappa shape index (κ2) is 6.09. The first-order chi connectivity index (χ1) is 11.3. The molecule has 0 aliphatic heterocycles. The van der Waals surface area contributed by atoms with E-state index in [9.17, 15) is 8.42 Å². The van der Waals surface area contributed by atoms with Crippen LogP contribution in [-0.4, -0.2) is 29.9 Å². The maximum atomic E-state index is 11.9. The van der Waals surface area contributed by atoms with E-state index >= 15 is 0 Å². The van der Waals surface area contributed by atoms with Crippen molar-refractivity contribution < 1.29 is 8.42 Å². The van der Waals surface area contributed by atoms with Crippen LogP contribution in [-0.2, 0) is 16.3 Å². The normalized spacial score (nSPS) is 11.6. The molecular weight excluding hydrogens is 324 g/mol. The molecule has 0 radical (unpaired) electrons. The van der Waals surface area contributed by atoms with E-state index in [0.717, 1.165) is 11.1 Å². The van der Waals surface area contributed by atoms with E-state index in [0.29, 0.717) is 34.2 Å². The molecule has 2 aromatic carbocycles. The van der Waals surface area contributed by atoms with Gasteiger partial charge in [-0.05, 0) is 30.2 Å². The highest BCUT2D eigenvalue weighted by Gasteiger charge is 2.15. The Bertz CT molecular complexity index is 993. The van der Waals surface area contributed by atoms with Crippen molar-refractivity contribution in [2.45, 2.75) is 18.2 Å². The predicted octanol–water partition coefficient (Wildman–Crippen LogP) is 2.36. The number of nitrogens with zero attached hydrogens (tertiary/aromatic N) is 2. The lowest BCUT2D eigenvalue weighted by Gasteiger charge is -2.05. The number of aromatic amines is 1. The van der Waals surface area contributed by atoms with Gasteiger partial charge in [0.1, 0.15) is 5.82 Å². The SMILES string of the molecule is Cc1ccc(-c2n[nH]c(Cc3ccccc3S(C)(=O)=O)n2)cc1N. The molecule has 0 amide bonds. The summed E-state index contributed by atoms with van der Waals surface area (Å²) in [5, 5.41) is 7.07. The highest BCUT2D eigenvalue weighted by molar-refractivity contribution is 7.90. The van der Waals surface area contributed by atoms with Crippen LogP contribution < -0.4 is 5.73 Å². The Hall–Kier alpha value is -2.67. The highest BCUT2D eigenvalue weighted by atomic mass is 32.2. The zero-order chi connectivity index (χ0) is 17.3. The van der Waals surface area contributed by atoms with Crippen molar-refractivity contribution in [2.24, 2.45) is 0 Å². The molecule has 7 heteroatoms. The first-order valence-corrected chi connectivity index (χ1v) is 9.29. The molecule has 24 heavy (non-hydrogen) atoms. The minimum atomic E-state index is -3.29. The van der Waals surface area contributed by atoms with Crippen LogP contribution in [0.25, 0.3) is 11.4 Å². The topological polar surface area (TPSA) is 102 Å². The average Bonchev–Trinajstić information content (AvgIpc) is 2.98. The van der Waals surface area contributed by atoms with Crippen molar-refractivity contribution in [3.8, 4) is 11.4 Å². The van der Waals surface area contributed by atoms with E-state index in [1.54, 1.807) is 18.2 Å². The van der Waals surface area contributed by atoms with Gasteiger partial charge in [0.15, 0.2) is 15.7 Å². The second-order valence-electron chi connectivity index (χ2n) is 5.73. The largest absolute Gasteiger partial charge is 0.398 e. The molecule has 124 valence electrons. The first-order valence-electron chi connectivity index (χ1n) is 7.40. The predicted molar refractivity (Wildman–Crippen MR) is 93.3 cm³/mol. The van der Waals surface area contributed by atoms with Crippen molar-refractivity contribution >= 4 is 15.5 Å². The van der Waals surface area contributed by atoms with E-state index < -0.39 is 9.84 Å². The van der Waals surface area contributed by atoms with Crippen molar-refractivity contribution in [2.75, 3.05) is 12.0 Å². The number of anilines is 1. The molecule has 0 aliphatic rings. The van der Waals surface area contributed by atoms with Gasteiger partial charge < -0.3 is 5.73 Å². The van der Waals surface area contributed by atoms with E-state index in [2.05, 4.69) is 15.2 Å². The van der Waals surface area contributed by atoms with Gasteiger partial charge in [-0.25, -0.2) is 13.4 Å². The molecule has 0 fully saturated rings. The maximum absolute atomic E-state index is 11.9. The van der Waals surface area contributed by atoms with Crippen LogP contribution in [0.1, 0.15) is 17.0 Å². The number of hydrogen-bond acceptors (Lipinski definition) is 5. The summed E-state index contributed by atoms with van der Waals surface area (Å²) in [5.41, 5.74) is 9.11. The van der Waals surface area contributed by atoms with Gasteiger partial charge in [0, 0.05) is 23.9 Å². The summed E-state index contributed by atoms with van der Waals surface area (Å²) in [5.74, 6) is 1.13. The Balaban J connectivity index is 1.91. The van der Waals surface area contributed by atoms with E-state index in [1.165, 1.54) is 6.26 Å². The Kier molecular flexibility index (Phi) is 4.11. The van der Waals surface area contributed by atoms with Crippen LogP contribution in [0.4, 0.5) is 5.69 Å². The number of nitrogens with two attached hydrogens (primary N) is 1. The number of aromatic nitrogens is 3. The number of nitrogens with one attached hydrogen (secondary N) is 1. The van der Waals surface area contributed by atoms with Crippen LogP contribution in [0.3, 0.4) is 0 Å². The summed E-state index contributed by atoms with van der Waals surface area (Å²) >= 11 is 0. The van der Waals surface area contributed by atoms with Gasteiger partial charge in [0.25, 0.3) is 0 Å². The summed E-state index contributed by atoms with van der Waals surface area (Å²) in [7, 11) is -3.29. The monoisotopic (exact) mass is 342 g/mol. The van der Waals surface area contributed by atoms with Gasteiger partial charge in [0.2, 0.25) is 0 Å². The van der Waals surface area contributed by atoms with Gasteiger partial charge in [-0.2, -0.15) is 5.10 Å². The molecule has 6 nitrogen and oxygen atoms in total. The van der Waals surface area contributed by atoms with Gasteiger partial charge in [0.05, 0.1) is 4.90 Å². The molecule has 3 rings (SSSR count). The fourth-order valence-corrected chi connectivity index (χ4v) is 3.42. The molecule has 0 aliphatic carbocycles. The number of nitrogen functional groups attached to an aromatic ring is 1. The maximum Gasteiger partial charge on any atom is 0.181 e. The number of sulfone groups is 1. The summed E-state index contributed by atoms with van der Waals surface area (Å²) in [6.45, 7) is 1.94. The lowest BCUT2D eigenvalue weighted by Crippen LogP contribution is -2.03. The fourth-order valence-electron chi connectivity index (χ4n) is 2.48. The Morgan fingerprint density at radius 2 is 1.92 bits per heavy atom. The molecule has 0 saturated heterocycles. The number of H-pyrrole nitrogens is 1. The minimum absolute atomic E-state index is 0.308. The molecule has 0 atom stereocenters. The van der Waals surface area contributed by atoms with E-state index in [1.807, 2.05) is 31.2 Å². The molecule has 3 aromatic rings. The summed E-state index contributed by atoms with van der Waals surface area (Å²) < 4.78 is 23.8. The van der Waals surface area contributed by atoms with Crippen molar-refractivity contribution in [1.29, 1.82) is 0 Å². The standard InChI is InChI=1S/C17H18N4O2S/c1-11-7-8-13(9-14(11)18)17-19-16(20-21-17)10-12-5-3-4-6-15(12)24(2,22)23/h3-9H,10,18H2,1-2H3,(H,19,20,21). The van der Waals surface area contributed by atoms with Gasteiger partial charge >= 0.3 is 0 Å². The molecule has 1 heterocycles.